The predicted molar refractivity (Wildman–Crippen MR) is 87.7 cm³/mol. The number of nitrogens with one attached hydrogen (secondary N) is 1. The second kappa shape index (κ2) is 7.76. The lowest BCUT2D eigenvalue weighted by molar-refractivity contribution is 0.148. The molecule has 0 saturated carbocycles. The van der Waals surface area contributed by atoms with Crippen molar-refractivity contribution < 1.29 is 4.74 Å². The van der Waals surface area contributed by atoms with E-state index < -0.39 is 0 Å². The molecule has 1 saturated heterocycles. The Morgan fingerprint density at radius 3 is 2.71 bits per heavy atom. The van der Waals surface area contributed by atoms with Crippen molar-refractivity contribution in [3.63, 3.8) is 0 Å². The van der Waals surface area contributed by atoms with Crippen LogP contribution in [0.15, 0.2) is 24.4 Å². The first-order chi connectivity index (χ1) is 10.1. The summed E-state index contributed by atoms with van der Waals surface area (Å²) < 4.78 is 5.19. The number of nitrogens with zero attached hydrogens (tertiary/aromatic N) is 2. The van der Waals surface area contributed by atoms with E-state index in [1.165, 1.54) is 12.8 Å². The van der Waals surface area contributed by atoms with Crippen LogP contribution in [0.5, 0.6) is 0 Å². The fraction of sp³-hybridized carbons (Fsp3) is 0.706. The van der Waals surface area contributed by atoms with Gasteiger partial charge in [-0.3, -0.25) is 0 Å². The maximum atomic E-state index is 5.19. The summed E-state index contributed by atoms with van der Waals surface area (Å²) >= 11 is 0. The molecule has 1 aliphatic rings. The van der Waals surface area contributed by atoms with Crippen molar-refractivity contribution in [1.82, 2.24) is 10.3 Å². The SMILES string of the molecule is COCCC(C)(C)CNC1CCN(c2ccccn2)CC1. The number of anilines is 1. The summed E-state index contributed by atoms with van der Waals surface area (Å²) in [6.07, 6.45) is 5.36. The number of pyridine rings is 1. The van der Waals surface area contributed by atoms with Gasteiger partial charge in [-0.2, -0.15) is 0 Å². The standard InChI is InChI=1S/C17H29N3O/c1-17(2,9-13-21-3)14-19-15-7-11-20(12-8-15)16-6-4-5-10-18-16/h4-6,10,15,19H,7-9,11-14H2,1-3H3. The second-order valence-corrected chi connectivity index (χ2v) is 6.74. The van der Waals surface area contributed by atoms with Gasteiger partial charge in [0.2, 0.25) is 0 Å². The highest BCUT2D eigenvalue weighted by Gasteiger charge is 2.23. The summed E-state index contributed by atoms with van der Waals surface area (Å²) in [4.78, 5) is 6.82. The van der Waals surface area contributed by atoms with Gasteiger partial charge in [0.15, 0.2) is 0 Å². The molecule has 4 heteroatoms. The van der Waals surface area contributed by atoms with Gasteiger partial charge in [-0.15, -0.1) is 0 Å². The Bertz CT molecular complexity index is 400. The van der Waals surface area contributed by atoms with Crippen molar-refractivity contribution >= 4 is 5.82 Å². The van der Waals surface area contributed by atoms with Crippen molar-refractivity contribution in [3.8, 4) is 0 Å². The third kappa shape index (κ3) is 5.29. The summed E-state index contributed by atoms with van der Waals surface area (Å²) in [5.41, 5.74) is 0.300. The molecule has 1 fully saturated rings. The molecule has 0 atom stereocenters. The Labute approximate surface area is 128 Å². The zero-order valence-corrected chi connectivity index (χ0v) is 13.6. The maximum absolute atomic E-state index is 5.19. The van der Waals surface area contributed by atoms with Crippen molar-refractivity contribution in [1.29, 1.82) is 0 Å². The zero-order valence-electron chi connectivity index (χ0n) is 13.6. The quantitative estimate of drug-likeness (QED) is 0.838. The molecule has 2 rings (SSSR count). The third-order valence-electron chi connectivity index (χ3n) is 4.32. The fourth-order valence-corrected chi connectivity index (χ4v) is 2.74. The Kier molecular flexibility index (Phi) is 6.00. The van der Waals surface area contributed by atoms with E-state index in [9.17, 15) is 0 Å². The van der Waals surface area contributed by atoms with Crippen molar-refractivity contribution in [2.24, 2.45) is 5.41 Å². The van der Waals surface area contributed by atoms with Gasteiger partial charge in [-0.05, 0) is 36.8 Å². The molecule has 0 radical (unpaired) electrons. The molecule has 21 heavy (non-hydrogen) atoms. The smallest absolute Gasteiger partial charge is 0.128 e. The molecule has 1 N–H and O–H groups in total. The Balaban J connectivity index is 1.72. The van der Waals surface area contributed by atoms with Crippen molar-refractivity contribution in [2.45, 2.75) is 39.2 Å². The first-order valence-corrected chi connectivity index (χ1v) is 7.99. The van der Waals surface area contributed by atoms with E-state index in [1.54, 1.807) is 7.11 Å². The average molecular weight is 291 g/mol. The molecule has 118 valence electrons. The minimum absolute atomic E-state index is 0.300. The van der Waals surface area contributed by atoms with Crippen molar-refractivity contribution in [3.05, 3.63) is 24.4 Å². The highest BCUT2D eigenvalue weighted by atomic mass is 16.5. The molecular weight excluding hydrogens is 262 g/mol. The van der Waals surface area contributed by atoms with Gasteiger partial charge in [-0.25, -0.2) is 4.98 Å². The van der Waals surface area contributed by atoms with E-state index in [0.717, 1.165) is 38.5 Å². The first kappa shape index (κ1) is 16.2. The highest BCUT2D eigenvalue weighted by molar-refractivity contribution is 5.38. The number of hydrogen-bond donors (Lipinski definition) is 1. The van der Waals surface area contributed by atoms with Crippen LogP contribution in [0.25, 0.3) is 0 Å². The van der Waals surface area contributed by atoms with Crippen LogP contribution in [0.1, 0.15) is 33.1 Å². The van der Waals surface area contributed by atoms with E-state index in [2.05, 4.69) is 41.2 Å². The number of methoxy groups -OCH3 is 1. The summed E-state index contributed by atoms with van der Waals surface area (Å²) in [5, 5.41) is 3.74. The van der Waals surface area contributed by atoms with E-state index in [0.29, 0.717) is 11.5 Å². The Hall–Kier alpha value is -1.13. The summed E-state index contributed by atoms with van der Waals surface area (Å²) in [7, 11) is 1.77. The average Bonchev–Trinajstić information content (AvgIpc) is 2.53. The van der Waals surface area contributed by atoms with Crippen LogP contribution in [-0.2, 0) is 4.74 Å². The van der Waals surface area contributed by atoms with Crippen LogP contribution >= 0.6 is 0 Å². The van der Waals surface area contributed by atoms with Crippen LogP contribution in [-0.4, -0.2) is 44.4 Å². The fourth-order valence-electron chi connectivity index (χ4n) is 2.74. The van der Waals surface area contributed by atoms with E-state index in [4.69, 9.17) is 4.74 Å². The van der Waals surface area contributed by atoms with Gasteiger partial charge in [0.25, 0.3) is 0 Å². The second-order valence-electron chi connectivity index (χ2n) is 6.74. The monoisotopic (exact) mass is 291 g/mol. The van der Waals surface area contributed by atoms with Crippen LogP contribution in [0, 0.1) is 5.41 Å². The minimum atomic E-state index is 0.300. The molecule has 4 nitrogen and oxygen atoms in total. The Morgan fingerprint density at radius 1 is 1.33 bits per heavy atom. The summed E-state index contributed by atoms with van der Waals surface area (Å²) in [6.45, 7) is 8.70. The maximum Gasteiger partial charge on any atom is 0.128 e. The lowest BCUT2D eigenvalue weighted by Crippen LogP contribution is -2.45. The number of hydrogen-bond acceptors (Lipinski definition) is 4. The molecule has 1 aromatic rings. The molecule has 0 aliphatic carbocycles. The lowest BCUT2D eigenvalue weighted by Gasteiger charge is -2.35. The van der Waals surface area contributed by atoms with Crippen molar-refractivity contribution in [2.75, 3.05) is 38.3 Å². The third-order valence-corrected chi connectivity index (χ3v) is 4.32. The minimum Gasteiger partial charge on any atom is -0.385 e. The largest absolute Gasteiger partial charge is 0.385 e. The number of aromatic nitrogens is 1. The van der Waals surface area contributed by atoms with Crippen LogP contribution in [0.2, 0.25) is 0 Å². The molecule has 0 bridgehead atoms. The first-order valence-electron chi connectivity index (χ1n) is 7.99. The molecule has 2 heterocycles. The number of ether oxygens (including phenoxy) is 1. The molecule has 1 aliphatic heterocycles. The molecule has 0 amide bonds. The van der Waals surface area contributed by atoms with Gasteiger partial charge < -0.3 is 15.0 Å². The summed E-state index contributed by atoms with van der Waals surface area (Å²) in [5.74, 6) is 1.11. The van der Waals surface area contributed by atoms with Gasteiger partial charge in [-0.1, -0.05) is 19.9 Å². The molecular formula is C17H29N3O. The molecule has 0 spiro atoms. The van der Waals surface area contributed by atoms with Gasteiger partial charge in [0.05, 0.1) is 0 Å². The van der Waals surface area contributed by atoms with Gasteiger partial charge in [0.1, 0.15) is 5.82 Å². The van der Waals surface area contributed by atoms with Gasteiger partial charge >= 0.3 is 0 Å². The normalized spacial score (nSPS) is 17.2. The van der Waals surface area contributed by atoms with E-state index in [1.807, 2.05) is 12.3 Å². The molecule has 0 aromatic carbocycles. The number of piperidine rings is 1. The van der Waals surface area contributed by atoms with Crippen LogP contribution in [0.3, 0.4) is 0 Å². The summed E-state index contributed by atoms with van der Waals surface area (Å²) in [6, 6.07) is 6.76. The van der Waals surface area contributed by atoms with Gasteiger partial charge in [0, 0.05) is 45.6 Å². The van der Waals surface area contributed by atoms with Crippen LogP contribution in [0.4, 0.5) is 5.82 Å². The van der Waals surface area contributed by atoms with E-state index in [-0.39, 0.29) is 0 Å². The Morgan fingerprint density at radius 2 is 2.10 bits per heavy atom. The number of rotatable bonds is 7. The zero-order chi connectivity index (χ0) is 15.1. The molecule has 1 aromatic heterocycles. The molecule has 0 unspecified atom stereocenters. The lowest BCUT2D eigenvalue weighted by atomic mass is 9.89. The van der Waals surface area contributed by atoms with E-state index >= 15 is 0 Å². The predicted octanol–water partition coefficient (Wildman–Crippen LogP) is 2.70. The van der Waals surface area contributed by atoms with Crippen LogP contribution < -0.4 is 10.2 Å². The topological polar surface area (TPSA) is 37.4 Å². The highest BCUT2D eigenvalue weighted by Crippen LogP contribution is 2.21.